The van der Waals surface area contributed by atoms with Gasteiger partial charge < -0.3 is 10.2 Å². The molecule has 3 rings (SSSR count). The molecule has 1 saturated heterocycles. The monoisotopic (exact) mass is 342 g/mol. The molecule has 4 nitrogen and oxygen atoms in total. The second-order valence-corrected chi connectivity index (χ2v) is 6.52. The first kappa shape index (κ1) is 16.5. The molecule has 1 aliphatic heterocycles. The summed E-state index contributed by atoms with van der Waals surface area (Å²) >= 11 is 6.08. The van der Waals surface area contributed by atoms with Gasteiger partial charge in [0.15, 0.2) is 0 Å². The van der Waals surface area contributed by atoms with Crippen molar-refractivity contribution in [2.75, 3.05) is 16.8 Å². The highest BCUT2D eigenvalue weighted by molar-refractivity contribution is 6.31. The van der Waals surface area contributed by atoms with Crippen LogP contribution in [0.1, 0.15) is 34.3 Å². The van der Waals surface area contributed by atoms with Gasteiger partial charge in [0.2, 0.25) is 5.91 Å². The van der Waals surface area contributed by atoms with Crippen molar-refractivity contribution in [3.63, 3.8) is 0 Å². The topological polar surface area (TPSA) is 49.4 Å². The Morgan fingerprint density at radius 2 is 1.96 bits per heavy atom. The number of nitrogens with one attached hydrogen (secondary N) is 1. The zero-order chi connectivity index (χ0) is 17.3. The zero-order valence-corrected chi connectivity index (χ0v) is 14.5. The molecule has 1 fully saturated rings. The van der Waals surface area contributed by atoms with Gasteiger partial charge in [-0.25, -0.2) is 0 Å². The van der Waals surface area contributed by atoms with Gasteiger partial charge in [-0.2, -0.15) is 0 Å². The van der Waals surface area contributed by atoms with E-state index < -0.39 is 0 Å². The van der Waals surface area contributed by atoms with E-state index in [9.17, 15) is 9.59 Å². The van der Waals surface area contributed by atoms with E-state index in [1.807, 2.05) is 32.0 Å². The maximum absolute atomic E-state index is 12.8. The molecular formula is C19H19ClN2O2. The summed E-state index contributed by atoms with van der Waals surface area (Å²) in [6.45, 7) is 4.54. The number of halogens is 1. The lowest BCUT2D eigenvalue weighted by molar-refractivity contribution is -0.117. The average molecular weight is 343 g/mol. The molecule has 2 amide bonds. The van der Waals surface area contributed by atoms with Gasteiger partial charge >= 0.3 is 0 Å². The SMILES string of the molecule is Cc1ccc(C)c(NC(=O)c2ccc(Cl)cc2N2CCCC2=O)c1. The van der Waals surface area contributed by atoms with Crippen LogP contribution >= 0.6 is 11.6 Å². The normalized spacial score (nSPS) is 14.1. The van der Waals surface area contributed by atoms with Crippen molar-refractivity contribution in [3.8, 4) is 0 Å². The van der Waals surface area contributed by atoms with Crippen molar-refractivity contribution < 1.29 is 9.59 Å². The highest BCUT2D eigenvalue weighted by atomic mass is 35.5. The second kappa shape index (κ2) is 6.65. The maximum atomic E-state index is 12.8. The Balaban J connectivity index is 1.95. The molecule has 0 radical (unpaired) electrons. The van der Waals surface area contributed by atoms with Crippen molar-refractivity contribution >= 4 is 34.8 Å². The first-order chi connectivity index (χ1) is 11.5. The lowest BCUT2D eigenvalue weighted by Gasteiger charge is -2.20. The Labute approximate surface area is 146 Å². The van der Waals surface area contributed by atoms with E-state index in [-0.39, 0.29) is 11.8 Å². The standard InChI is InChI=1S/C19H19ClN2O2/c1-12-5-6-13(2)16(10-12)21-19(24)15-8-7-14(20)11-17(15)22-9-3-4-18(22)23/h5-8,10-11H,3-4,9H2,1-2H3,(H,21,24). The van der Waals surface area contributed by atoms with E-state index in [1.54, 1.807) is 23.1 Å². The number of benzene rings is 2. The fraction of sp³-hybridized carbons (Fsp3) is 0.263. The molecule has 0 aliphatic carbocycles. The van der Waals surface area contributed by atoms with Crippen LogP contribution in [0.25, 0.3) is 0 Å². The van der Waals surface area contributed by atoms with E-state index >= 15 is 0 Å². The van der Waals surface area contributed by atoms with Gasteiger partial charge in [-0.1, -0.05) is 23.7 Å². The summed E-state index contributed by atoms with van der Waals surface area (Å²) in [4.78, 5) is 26.5. The van der Waals surface area contributed by atoms with Crippen LogP contribution in [0.5, 0.6) is 0 Å². The van der Waals surface area contributed by atoms with Gasteiger partial charge in [-0.15, -0.1) is 0 Å². The summed E-state index contributed by atoms with van der Waals surface area (Å²) in [6.07, 6.45) is 1.30. The molecule has 0 spiro atoms. The first-order valence-corrected chi connectivity index (χ1v) is 8.32. The molecule has 0 saturated carbocycles. The largest absolute Gasteiger partial charge is 0.322 e. The number of carbonyl (C=O) groups excluding carboxylic acids is 2. The van der Waals surface area contributed by atoms with Crippen molar-refractivity contribution in [2.24, 2.45) is 0 Å². The van der Waals surface area contributed by atoms with Crippen LogP contribution in [0.2, 0.25) is 5.02 Å². The lowest BCUT2D eigenvalue weighted by atomic mass is 10.1. The molecule has 2 aromatic carbocycles. The number of anilines is 2. The van der Waals surface area contributed by atoms with E-state index in [4.69, 9.17) is 11.6 Å². The van der Waals surface area contributed by atoms with Crippen molar-refractivity contribution in [2.45, 2.75) is 26.7 Å². The lowest BCUT2D eigenvalue weighted by Crippen LogP contribution is -2.27. The third kappa shape index (κ3) is 3.29. The van der Waals surface area contributed by atoms with Crippen LogP contribution in [0.3, 0.4) is 0 Å². The number of aryl methyl sites for hydroxylation is 2. The Kier molecular flexibility index (Phi) is 4.58. The Bertz CT molecular complexity index is 817. The first-order valence-electron chi connectivity index (χ1n) is 7.94. The molecule has 0 bridgehead atoms. The third-order valence-corrected chi connectivity index (χ3v) is 4.44. The number of hydrogen-bond donors (Lipinski definition) is 1. The van der Waals surface area contributed by atoms with E-state index in [0.717, 1.165) is 23.2 Å². The van der Waals surface area contributed by atoms with Crippen LogP contribution in [0.4, 0.5) is 11.4 Å². The molecule has 0 aromatic heterocycles. The fourth-order valence-corrected chi connectivity index (χ4v) is 3.05. The Morgan fingerprint density at radius 3 is 2.67 bits per heavy atom. The summed E-state index contributed by atoms with van der Waals surface area (Å²) in [5.41, 5.74) is 3.86. The number of amides is 2. The van der Waals surface area contributed by atoms with Gasteiger partial charge in [0.25, 0.3) is 5.91 Å². The highest BCUT2D eigenvalue weighted by Gasteiger charge is 2.26. The average Bonchev–Trinajstić information content (AvgIpc) is 2.96. The van der Waals surface area contributed by atoms with Crippen LogP contribution in [0.15, 0.2) is 36.4 Å². The molecule has 0 atom stereocenters. The van der Waals surface area contributed by atoms with Crippen molar-refractivity contribution in [3.05, 3.63) is 58.1 Å². The second-order valence-electron chi connectivity index (χ2n) is 6.08. The molecule has 5 heteroatoms. The summed E-state index contributed by atoms with van der Waals surface area (Å²) in [6, 6.07) is 10.9. The van der Waals surface area contributed by atoms with Gasteiger partial charge in [0.1, 0.15) is 0 Å². The van der Waals surface area contributed by atoms with Gasteiger partial charge in [0.05, 0.1) is 11.3 Å². The van der Waals surface area contributed by atoms with Gasteiger partial charge in [-0.3, -0.25) is 9.59 Å². The fourth-order valence-electron chi connectivity index (χ4n) is 2.88. The number of carbonyl (C=O) groups is 2. The quantitative estimate of drug-likeness (QED) is 0.902. The van der Waals surface area contributed by atoms with Crippen molar-refractivity contribution in [1.29, 1.82) is 0 Å². The smallest absolute Gasteiger partial charge is 0.257 e. The Hall–Kier alpha value is -2.33. The molecule has 1 aliphatic rings. The molecule has 24 heavy (non-hydrogen) atoms. The summed E-state index contributed by atoms with van der Waals surface area (Å²) in [5, 5.41) is 3.45. The third-order valence-electron chi connectivity index (χ3n) is 4.21. The predicted molar refractivity (Wildman–Crippen MR) is 96.9 cm³/mol. The Morgan fingerprint density at radius 1 is 1.17 bits per heavy atom. The summed E-state index contributed by atoms with van der Waals surface area (Å²) in [5.74, 6) is -0.215. The molecular weight excluding hydrogens is 324 g/mol. The molecule has 2 aromatic rings. The highest BCUT2D eigenvalue weighted by Crippen LogP contribution is 2.29. The van der Waals surface area contributed by atoms with Crippen LogP contribution < -0.4 is 10.2 Å². The van der Waals surface area contributed by atoms with Crippen LogP contribution in [-0.4, -0.2) is 18.4 Å². The molecule has 1 heterocycles. The molecule has 124 valence electrons. The molecule has 1 N–H and O–H groups in total. The summed E-state index contributed by atoms with van der Waals surface area (Å²) in [7, 11) is 0. The maximum Gasteiger partial charge on any atom is 0.257 e. The minimum Gasteiger partial charge on any atom is -0.322 e. The number of hydrogen-bond acceptors (Lipinski definition) is 2. The van der Waals surface area contributed by atoms with E-state index in [1.165, 1.54) is 0 Å². The van der Waals surface area contributed by atoms with Gasteiger partial charge in [0, 0.05) is 23.7 Å². The van der Waals surface area contributed by atoms with Crippen LogP contribution in [0, 0.1) is 13.8 Å². The predicted octanol–water partition coefficient (Wildman–Crippen LogP) is 4.34. The van der Waals surface area contributed by atoms with E-state index in [0.29, 0.717) is 29.2 Å². The van der Waals surface area contributed by atoms with Crippen LogP contribution in [-0.2, 0) is 4.79 Å². The van der Waals surface area contributed by atoms with Crippen molar-refractivity contribution in [1.82, 2.24) is 0 Å². The molecule has 0 unspecified atom stereocenters. The summed E-state index contributed by atoms with van der Waals surface area (Å²) < 4.78 is 0. The van der Waals surface area contributed by atoms with E-state index in [2.05, 4.69) is 5.32 Å². The van der Waals surface area contributed by atoms with Gasteiger partial charge in [-0.05, 0) is 55.7 Å². The zero-order valence-electron chi connectivity index (χ0n) is 13.7. The number of rotatable bonds is 3. The minimum atomic E-state index is -0.241. The minimum absolute atomic E-state index is 0.0260. The number of nitrogens with zero attached hydrogens (tertiary/aromatic N) is 1.